The van der Waals surface area contributed by atoms with Crippen molar-refractivity contribution in [2.24, 2.45) is 0 Å². The van der Waals surface area contributed by atoms with Crippen molar-refractivity contribution in [1.29, 1.82) is 0 Å². The SMILES string of the molecule is CCSc1nnc(-c2ccc(C(F)(F)F)cc2)n1N. The second kappa shape index (κ2) is 5.12. The van der Waals surface area contributed by atoms with Gasteiger partial charge in [0.25, 0.3) is 0 Å². The minimum Gasteiger partial charge on any atom is -0.335 e. The van der Waals surface area contributed by atoms with E-state index in [2.05, 4.69) is 10.2 Å². The Kier molecular flexibility index (Phi) is 3.70. The highest BCUT2D eigenvalue weighted by molar-refractivity contribution is 7.99. The number of benzene rings is 1. The summed E-state index contributed by atoms with van der Waals surface area (Å²) in [5, 5.41) is 8.29. The third-order valence-electron chi connectivity index (χ3n) is 2.41. The van der Waals surface area contributed by atoms with Gasteiger partial charge in [0.05, 0.1) is 5.56 Å². The summed E-state index contributed by atoms with van der Waals surface area (Å²) in [6.07, 6.45) is -4.35. The van der Waals surface area contributed by atoms with Gasteiger partial charge >= 0.3 is 6.18 Å². The number of rotatable bonds is 3. The summed E-state index contributed by atoms with van der Waals surface area (Å²) in [6.45, 7) is 1.94. The monoisotopic (exact) mass is 288 g/mol. The Labute approximate surface area is 111 Å². The van der Waals surface area contributed by atoms with Crippen molar-refractivity contribution < 1.29 is 13.2 Å². The second-order valence-corrected chi connectivity index (χ2v) is 4.92. The van der Waals surface area contributed by atoms with Crippen molar-refractivity contribution >= 4 is 11.8 Å². The number of halogens is 3. The van der Waals surface area contributed by atoms with Gasteiger partial charge in [-0.2, -0.15) is 13.2 Å². The number of aromatic nitrogens is 3. The summed E-state index contributed by atoms with van der Waals surface area (Å²) >= 11 is 1.41. The summed E-state index contributed by atoms with van der Waals surface area (Å²) in [6, 6.07) is 4.65. The van der Waals surface area contributed by atoms with Gasteiger partial charge in [0.2, 0.25) is 5.16 Å². The number of nitrogens with two attached hydrogens (primary N) is 1. The van der Waals surface area contributed by atoms with Crippen molar-refractivity contribution in [2.75, 3.05) is 11.6 Å². The van der Waals surface area contributed by atoms with Gasteiger partial charge in [0, 0.05) is 5.56 Å². The zero-order valence-corrected chi connectivity index (χ0v) is 10.8. The van der Waals surface area contributed by atoms with E-state index in [0.29, 0.717) is 16.5 Å². The van der Waals surface area contributed by atoms with E-state index < -0.39 is 11.7 Å². The maximum Gasteiger partial charge on any atom is 0.416 e. The first-order valence-electron chi connectivity index (χ1n) is 5.44. The molecule has 0 bridgehead atoms. The third kappa shape index (κ3) is 2.83. The Balaban J connectivity index is 2.32. The molecule has 0 atom stereocenters. The number of nitrogens with zero attached hydrogens (tertiary/aromatic N) is 3. The summed E-state index contributed by atoms with van der Waals surface area (Å²) in [5.41, 5.74) is -0.214. The molecule has 2 N–H and O–H groups in total. The molecule has 0 spiro atoms. The summed E-state index contributed by atoms with van der Waals surface area (Å²) in [4.78, 5) is 0. The molecule has 1 aromatic heterocycles. The van der Waals surface area contributed by atoms with Crippen LogP contribution in [0.15, 0.2) is 29.4 Å². The lowest BCUT2D eigenvalue weighted by Crippen LogP contribution is -2.11. The maximum atomic E-state index is 12.4. The van der Waals surface area contributed by atoms with Gasteiger partial charge in [-0.05, 0) is 17.9 Å². The Hall–Kier alpha value is -1.70. The van der Waals surface area contributed by atoms with Gasteiger partial charge in [0.1, 0.15) is 0 Å². The van der Waals surface area contributed by atoms with Crippen molar-refractivity contribution in [3.8, 4) is 11.4 Å². The van der Waals surface area contributed by atoms with Crippen LogP contribution in [-0.4, -0.2) is 20.6 Å². The lowest BCUT2D eigenvalue weighted by molar-refractivity contribution is -0.137. The predicted molar refractivity (Wildman–Crippen MR) is 67.0 cm³/mol. The van der Waals surface area contributed by atoms with Crippen LogP contribution in [0, 0.1) is 0 Å². The highest BCUT2D eigenvalue weighted by Gasteiger charge is 2.30. The summed E-state index contributed by atoms with van der Waals surface area (Å²) < 4.78 is 38.6. The van der Waals surface area contributed by atoms with Gasteiger partial charge in [-0.25, -0.2) is 4.68 Å². The first-order valence-corrected chi connectivity index (χ1v) is 6.43. The van der Waals surface area contributed by atoms with E-state index >= 15 is 0 Å². The molecule has 0 saturated carbocycles. The van der Waals surface area contributed by atoms with Crippen LogP contribution < -0.4 is 5.84 Å². The molecule has 1 heterocycles. The Morgan fingerprint density at radius 1 is 1.21 bits per heavy atom. The van der Waals surface area contributed by atoms with Crippen LogP contribution in [0.25, 0.3) is 11.4 Å². The van der Waals surface area contributed by atoms with Crippen LogP contribution in [-0.2, 0) is 6.18 Å². The molecule has 0 unspecified atom stereocenters. The lowest BCUT2D eigenvalue weighted by Gasteiger charge is -2.07. The van der Waals surface area contributed by atoms with Gasteiger partial charge in [-0.15, -0.1) is 10.2 Å². The second-order valence-electron chi connectivity index (χ2n) is 3.68. The predicted octanol–water partition coefficient (Wildman–Crippen LogP) is 2.79. The number of thioether (sulfide) groups is 1. The normalized spacial score (nSPS) is 11.8. The fourth-order valence-electron chi connectivity index (χ4n) is 1.51. The summed E-state index contributed by atoms with van der Waals surface area (Å²) in [5.74, 6) is 6.91. The van der Waals surface area contributed by atoms with Crippen LogP contribution in [0.1, 0.15) is 12.5 Å². The Morgan fingerprint density at radius 3 is 2.37 bits per heavy atom. The molecular weight excluding hydrogens is 277 g/mol. The van der Waals surface area contributed by atoms with Crippen LogP contribution in [0.4, 0.5) is 13.2 Å². The highest BCUT2D eigenvalue weighted by atomic mass is 32.2. The molecule has 102 valence electrons. The number of alkyl halides is 3. The molecule has 4 nitrogen and oxygen atoms in total. The largest absolute Gasteiger partial charge is 0.416 e. The maximum absolute atomic E-state index is 12.4. The zero-order chi connectivity index (χ0) is 14.0. The fourth-order valence-corrected chi connectivity index (χ4v) is 2.09. The molecule has 2 rings (SSSR count). The standard InChI is InChI=1S/C11H11F3N4S/c1-2-19-10-17-16-9(18(10)15)7-3-5-8(6-4-7)11(12,13)14/h3-6H,2,15H2,1H3. The van der Waals surface area contributed by atoms with E-state index in [1.807, 2.05) is 6.92 Å². The van der Waals surface area contributed by atoms with Crippen molar-refractivity contribution in [3.05, 3.63) is 29.8 Å². The van der Waals surface area contributed by atoms with Crippen molar-refractivity contribution in [2.45, 2.75) is 18.3 Å². The van der Waals surface area contributed by atoms with Crippen molar-refractivity contribution in [1.82, 2.24) is 14.9 Å². The molecule has 0 aliphatic carbocycles. The van der Waals surface area contributed by atoms with E-state index in [9.17, 15) is 13.2 Å². The van der Waals surface area contributed by atoms with Crippen LogP contribution in [0.5, 0.6) is 0 Å². The van der Waals surface area contributed by atoms with E-state index in [-0.39, 0.29) is 0 Å². The van der Waals surface area contributed by atoms with E-state index in [1.165, 1.54) is 28.6 Å². The molecule has 19 heavy (non-hydrogen) atoms. The first kappa shape index (κ1) is 13.7. The van der Waals surface area contributed by atoms with E-state index in [1.54, 1.807) is 0 Å². The first-order chi connectivity index (χ1) is 8.93. The van der Waals surface area contributed by atoms with Gasteiger partial charge in [0.15, 0.2) is 5.82 Å². The number of hydrogen-bond donors (Lipinski definition) is 1. The molecule has 0 fully saturated rings. The molecule has 2 aromatic rings. The minimum atomic E-state index is -4.35. The molecular formula is C11H11F3N4S. The summed E-state index contributed by atoms with van der Waals surface area (Å²) in [7, 11) is 0. The minimum absolute atomic E-state index is 0.338. The topological polar surface area (TPSA) is 56.7 Å². The molecule has 8 heteroatoms. The Bertz CT molecular complexity index is 562. The number of nitrogen functional groups attached to an aromatic ring is 1. The van der Waals surface area contributed by atoms with Crippen LogP contribution in [0.2, 0.25) is 0 Å². The van der Waals surface area contributed by atoms with E-state index in [4.69, 9.17) is 5.84 Å². The molecule has 0 aliphatic heterocycles. The number of hydrogen-bond acceptors (Lipinski definition) is 4. The molecule has 0 saturated heterocycles. The van der Waals surface area contributed by atoms with Crippen LogP contribution in [0.3, 0.4) is 0 Å². The van der Waals surface area contributed by atoms with Gasteiger partial charge in [-0.3, -0.25) is 0 Å². The average Bonchev–Trinajstić information content (AvgIpc) is 2.71. The zero-order valence-electron chi connectivity index (χ0n) is 9.98. The van der Waals surface area contributed by atoms with Crippen LogP contribution >= 0.6 is 11.8 Å². The molecule has 0 aliphatic rings. The highest BCUT2D eigenvalue weighted by Crippen LogP contribution is 2.30. The molecule has 1 aromatic carbocycles. The average molecular weight is 288 g/mol. The van der Waals surface area contributed by atoms with Crippen molar-refractivity contribution in [3.63, 3.8) is 0 Å². The molecule has 0 radical (unpaired) electrons. The molecule has 0 amide bonds. The third-order valence-corrected chi connectivity index (χ3v) is 3.23. The van der Waals surface area contributed by atoms with Gasteiger partial charge < -0.3 is 5.84 Å². The lowest BCUT2D eigenvalue weighted by atomic mass is 10.1. The quantitative estimate of drug-likeness (QED) is 0.697. The fraction of sp³-hybridized carbons (Fsp3) is 0.273. The van der Waals surface area contributed by atoms with Gasteiger partial charge in [-0.1, -0.05) is 30.8 Å². The van der Waals surface area contributed by atoms with E-state index in [0.717, 1.165) is 17.9 Å². The smallest absolute Gasteiger partial charge is 0.335 e. The Morgan fingerprint density at radius 2 is 1.84 bits per heavy atom.